The van der Waals surface area contributed by atoms with E-state index in [9.17, 15) is 0 Å². The van der Waals surface area contributed by atoms with Crippen molar-refractivity contribution in [3.8, 4) is 0 Å². The summed E-state index contributed by atoms with van der Waals surface area (Å²) in [5, 5.41) is 0. The first-order valence-electron chi connectivity index (χ1n) is 5.37. The average molecular weight is 208 g/mol. The Balaban J connectivity index is 2.77. The fourth-order valence-corrected chi connectivity index (χ4v) is 1.78. The van der Waals surface area contributed by atoms with Crippen molar-refractivity contribution in [1.82, 2.24) is 5.43 Å². The van der Waals surface area contributed by atoms with E-state index in [1.807, 2.05) is 18.2 Å². The second-order valence-electron chi connectivity index (χ2n) is 3.62. The zero-order chi connectivity index (χ0) is 11.1. The minimum atomic E-state index is 0.0659. The molecule has 0 radical (unpaired) electrons. The molecule has 0 saturated carbocycles. The molecule has 2 unspecified atom stereocenters. The highest BCUT2D eigenvalue weighted by molar-refractivity contribution is 5.19. The Labute approximate surface area is 91.6 Å². The van der Waals surface area contributed by atoms with E-state index in [-0.39, 0.29) is 12.1 Å². The van der Waals surface area contributed by atoms with Gasteiger partial charge in [0, 0.05) is 7.11 Å². The summed E-state index contributed by atoms with van der Waals surface area (Å²) in [7, 11) is 1.73. The SMILES string of the molecule is CCCC(OC)C(NN)c1ccccc1. The normalized spacial score (nSPS) is 14.9. The van der Waals surface area contributed by atoms with Gasteiger partial charge in [0.1, 0.15) is 0 Å². The largest absolute Gasteiger partial charge is 0.379 e. The number of hydrogen-bond donors (Lipinski definition) is 2. The predicted octanol–water partition coefficient (Wildman–Crippen LogP) is 2.01. The molecule has 3 nitrogen and oxygen atoms in total. The van der Waals surface area contributed by atoms with E-state index in [0.29, 0.717) is 0 Å². The number of hydrogen-bond acceptors (Lipinski definition) is 3. The quantitative estimate of drug-likeness (QED) is 0.555. The van der Waals surface area contributed by atoms with Crippen LogP contribution in [0, 0.1) is 0 Å². The summed E-state index contributed by atoms with van der Waals surface area (Å²) in [6, 6.07) is 10.2. The van der Waals surface area contributed by atoms with Crippen molar-refractivity contribution >= 4 is 0 Å². The average Bonchev–Trinajstić information content (AvgIpc) is 2.30. The Kier molecular flexibility index (Phi) is 5.32. The van der Waals surface area contributed by atoms with E-state index in [1.54, 1.807) is 7.11 Å². The van der Waals surface area contributed by atoms with Gasteiger partial charge in [0.05, 0.1) is 12.1 Å². The van der Waals surface area contributed by atoms with Gasteiger partial charge in [-0.15, -0.1) is 0 Å². The molecule has 0 spiro atoms. The third-order valence-corrected chi connectivity index (χ3v) is 2.59. The van der Waals surface area contributed by atoms with Crippen molar-refractivity contribution in [2.75, 3.05) is 7.11 Å². The van der Waals surface area contributed by atoms with Crippen LogP contribution >= 0.6 is 0 Å². The van der Waals surface area contributed by atoms with Gasteiger partial charge in [-0.05, 0) is 12.0 Å². The van der Waals surface area contributed by atoms with Crippen molar-refractivity contribution in [1.29, 1.82) is 0 Å². The zero-order valence-electron chi connectivity index (χ0n) is 9.44. The van der Waals surface area contributed by atoms with Gasteiger partial charge in [-0.25, -0.2) is 0 Å². The van der Waals surface area contributed by atoms with Crippen LogP contribution in [0.25, 0.3) is 0 Å². The van der Waals surface area contributed by atoms with Crippen LogP contribution in [0.5, 0.6) is 0 Å². The highest BCUT2D eigenvalue weighted by Gasteiger charge is 2.20. The second kappa shape index (κ2) is 6.56. The first kappa shape index (κ1) is 12.2. The molecular weight excluding hydrogens is 188 g/mol. The molecule has 3 heteroatoms. The predicted molar refractivity (Wildman–Crippen MR) is 62.2 cm³/mol. The van der Waals surface area contributed by atoms with Crippen molar-refractivity contribution < 1.29 is 4.74 Å². The van der Waals surface area contributed by atoms with Crippen molar-refractivity contribution in [3.05, 3.63) is 35.9 Å². The van der Waals surface area contributed by atoms with E-state index in [1.165, 1.54) is 5.56 Å². The number of ether oxygens (including phenoxy) is 1. The summed E-state index contributed by atoms with van der Waals surface area (Å²) in [5.74, 6) is 5.58. The molecule has 1 rings (SSSR count). The van der Waals surface area contributed by atoms with E-state index in [0.717, 1.165) is 12.8 Å². The molecule has 0 saturated heterocycles. The van der Waals surface area contributed by atoms with Crippen LogP contribution in [0.2, 0.25) is 0 Å². The van der Waals surface area contributed by atoms with Gasteiger partial charge in [-0.3, -0.25) is 11.3 Å². The van der Waals surface area contributed by atoms with Crippen LogP contribution in [0.4, 0.5) is 0 Å². The number of methoxy groups -OCH3 is 1. The van der Waals surface area contributed by atoms with Gasteiger partial charge < -0.3 is 4.74 Å². The van der Waals surface area contributed by atoms with E-state index in [4.69, 9.17) is 10.6 Å². The van der Waals surface area contributed by atoms with Gasteiger partial charge in [0.15, 0.2) is 0 Å². The van der Waals surface area contributed by atoms with Crippen LogP contribution in [-0.4, -0.2) is 13.2 Å². The Morgan fingerprint density at radius 2 is 2.00 bits per heavy atom. The smallest absolute Gasteiger partial charge is 0.0778 e. The van der Waals surface area contributed by atoms with Gasteiger partial charge in [-0.1, -0.05) is 43.7 Å². The van der Waals surface area contributed by atoms with Gasteiger partial charge >= 0.3 is 0 Å². The maximum atomic E-state index is 5.58. The molecule has 2 atom stereocenters. The highest BCUT2D eigenvalue weighted by Crippen LogP contribution is 2.21. The summed E-state index contributed by atoms with van der Waals surface area (Å²) in [5.41, 5.74) is 4.00. The van der Waals surface area contributed by atoms with Gasteiger partial charge in [0.2, 0.25) is 0 Å². The minimum absolute atomic E-state index is 0.0659. The molecule has 0 fully saturated rings. The number of benzene rings is 1. The van der Waals surface area contributed by atoms with Gasteiger partial charge in [-0.2, -0.15) is 0 Å². The summed E-state index contributed by atoms with van der Waals surface area (Å²) in [4.78, 5) is 0. The fraction of sp³-hybridized carbons (Fsp3) is 0.500. The summed E-state index contributed by atoms with van der Waals surface area (Å²) < 4.78 is 5.46. The summed E-state index contributed by atoms with van der Waals surface area (Å²) >= 11 is 0. The number of hydrazine groups is 1. The molecule has 0 bridgehead atoms. The zero-order valence-corrected chi connectivity index (χ0v) is 9.44. The van der Waals surface area contributed by atoms with Crippen LogP contribution in [0.1, 0.15) is 31.4 Å². The Hall–Kier alpha value is -0.900. The molecule has 0 aliphatic carbocycles. The lowest BCUT2D eigenvalue weighted by Gasteiger charge is -2.25. The van der Waals surface area contributed by atoms with E-state index >= 15 is 0 Å². The number of nitrogens with two attached hydrogens (primary N) is 1. The highest BCUT2D eigenvalue weighted by atomic mass is 16.5. The first-order valence-corrected chi connectivity index (χ1v) is 5.37. The topological polar surface area (TPSA) is 47.3 Å². The molecule has 84 valence electrons. The monoisotopic (exact) mass is 208 g/mol. The second-order valence-corrected chi connectivity index (χ2v) is 3.62. The van der Waals surface area contributed by atoms with Crippen LogP contribution in [-0.2, 0) is 4.74 Å². The summed E-state index contributed by atoms with van der Waals surface area (Å²) in [6.45, 7) is 2.14. The van der Waals surface area contributed by atoms with Crippen molar-refractivity contribution in [3.63, 3.8) is 0 Å². The molecule has 0 amide bonds. The Morgan fingerprint density at radius 1 is 1.33 bits per heavy atom. The molecule has 0 heterocycles. The van der Waals surface area contributed by atoms with E-state index < -0.39 is 0 Å². The van der Waals surface area contributed by atoms with E-state index in [2.05, 4.69) is 24.5 Å². The first-order chi connectivity index (χ1) is 7.33. The minimum Gasteiger partial charge on any atom is -0.379 e. The molecule has 1 aromatic rings. The lowest BCUT2D eigenvalue weighted by Crippen LogP contribution is -2.37. The van der Waals surface area contributed by atoms with Crippen molar-refractivity contribution in [2.24, 2.45) is 5.84 Å². The number of nitrogens with one attached hydrogen (secondary N) is 1. The molecule has 0 aliphatic heterocycles. The summed E-state index contributed by atoms with van der Waals surface area (Å²) in [6.07, 6.45) is 2.21. The van der Waals surface area contributed by atoms with Gasteiger partial charge in [0.25, 0.3) is 0 Å². The van der Waals surface area contributed by atoms with Crippen LogP contribution in [0.3, 0.4) is 0 Å². The molecule has 3 N–H and O–H groups in total. The Morgan fingerprint density at radius 3 is 2.47 bits per heavy atom. The third-order valence-electron chi connectivity index (χ3n) is 2.59. The van der Waals surface area contributed by atoms with Crippen molar-refractivity contribution in [2.45, 2.75) is 31.9 Å². The molecular formula is C12H20N2O. The molecule has 1 aromatic carbocycles. The molecule has 0 aromatic heterocycles. The lowest BCUT2D eigenvalue weighted by atomic mass is 9.99. The van der Waals surface area contributed by atoms with Crippen LogP contribution < -0.4 is 11.3 Å². The molecule has 15 heavy (non-hydrogen) atoms. The maximum absolute atomic E-state index is 5.58. The number of rotatable bonds is 6. The fourth-order valence-electron chi connectivity index (χ4n) is 1.78. The third kappa shape index (κ3) is 3.30. The molecule has 0 aliphatic rings. The standard InChI is InChI=1S/C12H20N2O/c1-3-7-11(15-2)12(14-13)10-8-5-4-6-9-10/h4-6,8-9,11-12,14H,3,7,13H2,1-2H3. The Bertz CT molecular complexity index is 264. The maximum Gasteiger partial charge on any atom is 0.0778 e. The van der Waals surface area contributed by atoms with Crippen LogP contribution in [0.15, 0.2) is 30.3 Å². The lowest BCUT2D eigenvalue weighted by molar-refractivity contribution is 0.0606.